The Hall–Kier alpha value is -0.280. The lowest BCUT2D eigenvalue weighted by Gasteiger charge is -2.67. The second-order valence-corrected chi connectivity index (χ2v) is 9.64. The zero-order valence-corrected chi connectivity index (χ0v) is 14.9. The van der Waals surface area contributed by atoms with E-state index in [-0.39, 0.29) is 0 Å². The van der Waals surface area contributed by atoms with E-state index in [2.05, 4.69) is 48.2 Å². The van der Waals surface area contributed by atoms with Gasteiger partial charge < -0.3 is 9.73 Å². The summed E-state index contributed by atoms with van der Waals surface area (Å²) >= 11 is 3.47. The maximum Gasteiger partial charge on any atom is 0.169 e. The standard InChI is InChI=1S/C18H26BrNO/c1-16-6-12-7-17(2,9-16)11-18(8-12,10-16)15(20-3)13-4-5-14(19)21-13/h4-5,12,15,20H,6-11H2,1-3H3. The summed E-state index contributed by atoms with van der Waals surface area (Å²) in [7, 11) is 2.10. The molecule has 1 aromatic heterocycles. The third-order valence-electron chi connectivity index (χ3n) is 6.45. The van der Waals surface area contributed by atoms with Gasteiger partial charge in [0.2, 0.25) is 0 Å². The fourth-order valence-electron chi connectivity index (χ4n) is 7.09. The molecule has 1 N–H and O–H groups in total. The first-order valence-corrected chi connectivity index (χ1v) is 9.07. The van der Waals surface area contributed by atoms with Gasteiger partial charge in [0.05, 0.1) is 6.04 Å². The molecule has 0 spiro atoms. The van der Waals surface area contributed by atoms with Crippen molar-refractivity contribution in [2.45, 2.75) is 58.4 Å². The Morgan fingerprint density at radius 2 is 1.81 bits per heavy atom. The first-order valence-electron chi connectivity index (χ1n) is 8.28. The van der Waals surface area contributed by atoms with Crippen LogP contribution in [0.5, 0.6) is 0 Å². The van der Waals surface area contributed by atoms with Crippen LogP contribution in [0, 0.1) is 22.2 Å². The van der Waals surface area contributed by atoms with Crippen LogP contribution in [0.1, 0.15) is 64.2 Å². The van der Waals surface area contributed by atoms with Gasteiger partial charge in [-0.3, -0.25) is 0 Å². The molecule has 5 rings (SSSR count). The molecule has 4 fully saturated rings. The Labute approximate surface area is 136 Å². The van der Waals surface area contributed by atoms with Crippen molar-refractivity contribution in [3.8, 4) is 0 Å². The largest absolute Gasteiger partial charge is 0.453 e. The van der Waals surface area contributed by atoms with Gasteiger partial charge in [-0.1, -0.05) is 13.8 Å². The summed E-state index contributed by atoms with van der Waals surface area (Å²) in [5.74, 6) is 2.03. The fourth-order valence-corrected chi connectivity index (χ4v) is 7.41. The SMILES string of the molecule is CNC(c1ccc(Br)o1)C12CC3CC(C)(CC(C)(C3)C1)C2. The number of halogens is 1. The highest BCUT2D eigenvalue weighted by atomic mass is 79.9. The Bertz CT molecular complexity index is 547. The predicted octanol–water partition coefficient (Wildman–Crippen LogP) is 5.30. The van der Waals surface area contributed by atoms with E-state index in [4.69, 9.17) is 4.42 Å². The minimum atomic E-state index is 0.353. The minimum absolute atomic E-state index is 0.353. The zero-order valence-electron chi connectivity index (χ0n) is 13.3. The first kappa shape index (κ1) is 14.3. The Balaban J connectivity index is 1.75. The molecule has 0 aromatic carbocycles. The number of nitrogens with one attached hydrogen (secondary N) is 1. The molecular weight excluding hydrogens is 326 g/mol. The van der Waals surface area contributed by atoms with Crippen molar-refractivity contribution in [3.05, 3.63) is 22.6 Å². The van der Waals surface area contributed by atoms with Crippen molar-refractivity contribution in [1.29, 1.82) is 0 Å². The molecule has 1 heterocycles. The topological polar surface area (TPSA) is 25.2 Å². The molecule has 4 bridgehead atoms. The quantitative estimate of drug-likeness (QED) is 0.799. The van der Waals surface area contributed by atoms with Crippen LogP contribution in [0.25, 0.3) is 0 Å². The average Bonchev–Trinajstić information content (AvgIpc) is 2.71. The molecule has 1 aromatic rings. The lowest BCUT2D eigenvalue weighted by molar-refractivity contribution is -0.160. The summed E-state index contributed by atoms with van der Waals surface area (Å²) < 4.78 is 6.79. The molecule has 116 valence electrons. The van der Waals surface area contributed by atoms with Gasteiger partial charge in [-0.05, 0) is 95.8 Å². The zero-order chi connectivity index (χ0) is 14.9. The van der Waals surface area contributed by atoms with Crippen molar-refractivity contribution in [3.63, 3.8) is 0 Å². The molecule has 2 nitrogen and oxygen atoms in total. The number of hydrogen-bond acceptors (Lipinski definition) is 2. The number of hydrogen-bond donors (Lipinski definition) is 1. The van der Waals surface area contributed by atoms with Crippen molar-refractivity contribution in [1.82, 2.24) is 5.32 Å². The van der Waals surface area contributed by atoms with E-state index in [9.17, 15) is 0 Å². The Morgan fingerprint density at radius 1 is 1.14 bits per heavy atom. The van der Waals surface area contributed by atoms with E-state index in [0.29, 0.717) is 22.3 Å². The van der Waals surface area contributed by atoms with Crippen LogP contribution in [-0.2, 0) is 0 Å². The molecule has 0 aliphatic heterocycles. The van der Waals surface area contributed by atoms with E-state index in [1.165, 1.54) is 38.5 Å². The van der Waals surface area contributed by atoms with Gasteiger partial charge in [-0.25, -0.2) is 0 Å². The molecule has 0 amide bonds. The molecule has 4 aliphatic carbocycles. The molecule has 21 heavy (non-hydrogen) atoms. The molecule has 0 saturated heterocycles. The van der Waals surface area contributed by atoms with Gasteiger partial charge in [0.25, 0.3) is 0 Å². The second-order valence-electron chi connectivity index (χ2n) is 8.86. The third kappa shape index (κ3) is 2.15. The van der Waals surface area contributed by atoms with Crippen LogP contribution in [-0.4, -0.2) is 7.05 Å². The van der Waals surface area contributed by atoms with Crippen molar-refractivity contribution in [2.75, 3.05) is 7.05 Å². The van der Waals surface area contributed by atoms with Gasteiger partial charge in [0, 0.05) is 0 Å². The monoisotopic (exact) mass is 351 g/mol. The van der Waals surface area contributed by atoms with Crippen molar-refractivity contribution >= 4 is 15.9 Å². The van der Waals surface area contributed by atoms with Gasteiger partial charge in [0.15, 0.2) is 4.67 Å². The van der Waals surface area contributed by atoms with E-state index in [0.717, 1.165) is 16.3 Å². The summed E-state index contributed by atoms with van der Waals surface area (Å²) in [6, 6.07) is 4.53. The summed E-state index contributed by atoms with van der Waals surface area (Å²) in [6.45, 7) is 5.07. The fraction of sp³-hybridized carbons (Fsp3) is 0.778. The highest BCUT2D eigenvalue weighted by Crippen LogP contribution is 2.72. The van der Waals surface area contributed by atoms with Crippen LogP contribution >= 0.6 is 15.9 Å². The first-order chi connectivity index (χ1) is 9.85. The van der Waals surface area contributed by atoms with E-state index in [1.54, 1.807) is 0 Å². The number of furan rings is 1. The highest BCUT2D eigenvalue weighted by Gasteiger charge is 2.62. The maximum atomic E-state index is 5.95. The molecule has 3 heteroatoms. The lowest BCUT2D eigenvalue weighted by Crippen LogP contribution is -2.58. The molecule has 4 saturated carbocycles. The lowest BCUT2D eigenvalue weighted by atomic mass is 9.39. The van der Waals surface area contributed by atoms with Crippen LogP contribution in [0.3, 0.4) is 0 Å². The Morgan fingerprint density at radius 3 is 2.29 bits per heavy atom. The van der Waals surface area contributed by atoms with E-state index in [1.807, 2.05) is 6.07 Å². The van der Waals surface area contributed by atoms with Crippen molar-refractivity contribution in [2.24, 2.45) is 22.2 Å². The van der Waals surface area contributed by atoms with Crippen LogP contribution in [0.2, 0.25) is 0 Å². The summed E-state index contributed by atoms with van der Waals surface area (Å²) in [5.41, 5.74) is 1.48. The summed E-state index contributed by atoms with van der Waals surface area (Å²) in [5, 5.41) is 3.61. The predicted molar refractivity (Wildman–Crippen MR) is 88.0 cm³/mol. The minimum Gasteiger partial charge on any atom is -0.453 e. The molecule has 3 unspecified atom stereocenters. The maximum absolute atomic E-state index is 5.95. The molecule has 4 aliphatic rings. The van der Waals surface area contributed by atoms with Crippen LogP contribution in [0.4, 0.5) is 0 Å². The van der Waals surface area contributed by atoms with E-state index >= 15 is 0 Å². The van der Waals surface area contributed by atoms with Gasteiger partial charge in [-0.15, -0.1) is 0 Å². The van der Waals surface area contributed by atoms with Crippen LogP contribution < -0.4 is 5.32 Å². The van der Waals surface area contributed by atoms with Crippen LogP contribution in [0.15, 0.2) is 21.2 Å². The second kappa shape index (κ2) is 4.38. The summed E-state index contributed by atoms with van der Waals surface area (Å²) in [6.07, 6.45) is 8.41. The third-order valence-corrected chi connectivity index (χ3v) is 6.88. The van der Waals surface area contributed by atoms with Gasteiger partial charge >= 0.3 is 0 Å². The summed E-state index contributed by atoms with van der Waals surface area (Å²) in [4.78, 5) is 0. The van der Waals surface area contributed by atoms with E-state index < -0.39 is 0 Å². The average molecular weight is 352 g/mol. The highest BCUT2D eigenvalue weighted by molar-refractivity contribution is 9.10. The molecule has 3 atom stereocenters. The van der Waals surface area contributed by atoms with Crippen molar-refractivity contribution < 1.29 is 4.42 Å². The Kier molecular flexibility index (Phi) is 2.99. The van der Waals surface area contributed by atoms with Gasteiger partial charge in [-0.2, -0.15) is 0 Å². The van der Waals surface area contributed by atoms with Gasteiger partial charge in [0.1, 0.15) is 5.76 Å². The molecular formula is C18H26BrNO. The number of rotatable bonds is 3. The molecule has 0 radical (unpaired) electrons. The smallest absolute Gasteiger partial charge is 0.169 e. The normalized spacial score (nSPS) is 46.0.